The van der Waals surface area contributed by atoms with Gasteiger partial charge in [0, 0.05) is 42.0 Å². The van der Waals surface area contributed by atoms with Gasteiger partial charge in [0.2, 0.25) is 0 Å². The summed E-state index contributed by atoms with van der Waals surface area (Å²) in [4.78, 5) is 7.37. The van der Waals surface area contributed by atoms with Crippen LogP contribution in [0.15, 0.2) is 46.2 Å². The Bertz CT molecular complexity index is 768. The van der Waals surface area contributed by atoms with Gasteiger partial charge in [0.1, 0.15) is 5.82 Å². The Morgan fingerprint density at radius 2 is 1.84 bits per heavy atom. The molecule has 0 saturated carbocycles. The lowest BCUT2D eigenvalue weighted by atomic mass is 9.95. The molecule has 1 atom stereocenters. The summed E-state index contributed by atoms with van der Waals surface area (Å²) in [7, 11) is 2.20. The molecule has 0 N–H and O–H groups in total. The maximum atomic E-state index is 13.8. The Morgan fingerprint density at radius 3 is 2.60 bits per heavy atom. The average molecular weight is 357 g/mol. The number of rotatable bonds is 2. The number of hydrogen-bond acceptors (Lipinski definition) is 3. The van der Waals surface area contributed by atoms with Crippen LogP contribution in [-0.2, 0) is 12.8 Å². The summed E-state index contributed by atoms with van der Waals surface area (Å²) in [5.74, 6) is -0.143. The zero-order valence-corrected chi connectivity index (χ0v) is 15.8. The largest absolute Gasteiger partial charge is 0.304 e. The number of benzene rings is 2. The molecule has 0 radical (unpaired) electrons. The molecule has 2 aliphatic heterocycles. The normalized spacial score (nSPS) is 21.5. The van der Waals surface area contributed by atoms with Crippen LogP contribution in [0.5, 0.6) is 0 Å². The summed E-state index contributed by atoms with van der Waals surface area (Å²) in [6.07, 6.45) is 2.02. The highest BCUT2D eigenvalue weighted by Crippen LogP contribution is 2.43. The topological polar surface area (TPSA) is 6.48 Å². The lowest BCUT2D eigenvalue weighted by Crippen LogP contribution is -2.46. The minimum atomic E-state index is -0.143. The fourth-order valence-electron chi connectivity index (χ4n) is 3.86. The molecule has 132 valence electrons. The molecule has 2 aromatic carbocycles. The molecule has 2 heterocycles. The molecule has 0 spiro atoms. The van der Waals surface area contributed by atoms with Gasteiger partial charge >= 0.3 is 0 Å². The van der Waals surface area contributed by atoms with E-state index >= 15 is 0 Å². The number of aryl methyl sites for hydroxylation is 1. The Balaban J connectivity index is 1.77. The van der Waals surface area contributed by atoms with Crippen LogP contribution in [0.3, 0.4) is 0 Å². The van der Waals surface area contributed by atoms with Crippen molar-refractivity contribution in [3.05, 3.63) is 58.9 Å². The van der Waals surface area contributed by atoms with E-state index in [1.807, 2.05) is 6.07 Å². The second-order valence-corrected chi connectivity index (χ2v) is 8.22. The van der Waals surface area contributed by atoms with Crippen molar-refractivity contribution in [3.8, 4) is 0 Å². The van der Waals surface area contributed by atoms with Crippen LogP contribution in [-0.4, -0.2) is 43.0 Å². The van der Waals surface area contributed by atoms with Gasteiger partial charge in [-0.15, -0.1) is 0 Å². The van der Waals surface area contributed by atoms with Crippen molar-refractivity contribution in [2.24, 2.45) is 0 Å². The molecule has 1 saturated heterocycles. The van der Waals surface area contributed by atoms with Crippen molar-refractivity contribution in [1.82, 2.24) is 9.80 Å². The molecular weight excluding hydrogens is 331 g/mol. The first kappa shape index (κ1) is 17.1. The standard InChI is InChI=1S/C21H25FN2S/c1-3-15-4-7-20-18(12-15)19(24-10-8-23(2)9-11-24)13-16-5-6-17(22)14-21(16)25-20/h4-7,12,14,19H,3,8-11,13H2,1-2H3. The zero-order valence-electron chi connectivity index (χ0n) is 15.0. The van der Waals surface area contributed by atoms with Gasteiger partial charge in [0.25, 0.3) is 0 Å². The molecule has 1 fully saturated rings. The molecule has 0 aliphatic carbocycles. The Labute approximate surface area is 154 Å². The van der Waals surface area contributed by atoms with E-state index in [-0.39, 0.29) is 5.82 Å². The van der Waals surface area contributed by atoms with Crippen LogP contribution in [0.1, 0.15) is 29.7 Å². The SMILES string of the molecule is CCc1ccc2c(c1)C(N1CCN(C)CC1)Cc1ccc(F)cc1S2. The third-order valence-electron chi connectivity index (χ3n) is 5.48. The van der Waals surface area contributed by atoms with Crippen LogP contribution in [0.4, 0.5) is 4.39 Å². The second-order valence-electron chi connectivity index (χ2n) is 7.14. The Kier molecular flexibility index (Phi) is 4.85. The number of hydrogen-bond donors (Lipinski definition) is 0. The lowest BCUT2D eigenvalue weighted by molar-refractivity contribution is 0.110. The van der Waals surface area contributed by atoms with E-state index in [9.17, 15) is 4.39 Å². The fraction of sp³-hybridized carbons (Fsp3) is 0.429. The quantitative estimate of drug-likeness (QED) is 0.788. The number of likely N-dealkylation sites (N-methyl/N-ethyl adjacent to an activating group) is 1. The van der Waals surface area contributed by atoms with E-state index in [0.717, 1.165) is 43.9 Å². The summed E-state index contributed by atoms with van der Waals surface area (Å²) in [5, 5.41) is 0. The molecule has 0 bridgehead atoms. The van der Waals surface area contributed by atoms with E-state index in [2.05, 4.69) is 42.0 Å². The third kappa shape index (κ3) is 3.48. The van der Waals surface area contributed by atoms with Crippen LogP contribution in [0.2, 0.25) is 0 Å². The van der Waals surface area contributed by atoms with Crippen LogP contribution in [0.25, 0.3) is 0 Å². The minimum Gasteiger partial charge on any atom is -0.304 e. The van der Waals surface area contributed by atoms with Gasteiger partial charge < -0.3 is 4.90 Å². The zero-order chi connectivity index (χ0) is 17.4. The number of fused-ring (bicyclic) bond motifs is 2. The van der Waals surface area contributed by atoms with Gasteiger partial charge in [-0.05, 0) is 54.8 Å². The first-order chi connectivity index (χ1) is 12.1. The number of piperazine rings is 1. The van der Waals surface area contributed by atoms with Crippen molar-refractivity contribution < 1.29 is 4.39 Å². The van der Waals surface area contributed by atoms with Crippen molar-refractivity contribution in [3.63, 3.8) is 0 Å². The first-order valence-electron chi connectivity index (χ1n) is 9.15. The van der Waals surface area contributed by atoms with Gasteiger partial charge in [0.05, 0.1) is 0 Å². The highest BCUT2D eigenvalue weighted by atomic mass is 32.2. The van der Waals surface area contributed by atoms with Gasteiger partial charge in [-0.25, -0.2) is 4.39 Å². The molecule has 25 heavy (non-hydrogen) atoms. The van der Waals surface area contributed by atoms with Crippen LogP contribution in [0, 0.1) is 5.82 Å². The van der Waals surface area contributed by atoms with Crippen molar-refractivity contribution in [2.45, 2.75) is 35.6 Å². The average Bonchev–Trinajstić information content (AvgIpc) is 2.78. The summed E-state index contributed by atoms with van der Waals surface area (Å²) < 4.78 is 13.8. The molecule has 4 rings (SSSR count). The number of nitrogens with zero attached hydrogens (tertiary/aromatic N) is 2. The fourth-order valence-corrected chi connectivity index (χ4v) is 5.00. The van der Waals surface area contributed by atoms with Crippen molar-refractivity contribution in [2.75, 3.05) is 33.2 Å². The maximum absolute atomic E-state index is 13.8. The van der Waals surface area contributed by atoms with Crippen molar-refractivity contribution >= 4 is 11.8 Å². The highest BCUT2D eigenvalue weighted by Gasteiger charge is 2.29. The molecule has 0 aromatic heterocycles. The van der Waals surface area contributed by atoms with Crippen LogP contribution < -0.4 is 0 Å². The lowest BCUT2D eigenvalue weighted by Gasteiger charge is -2.38. The molecule has 1 unspecified atom stereocenters. The smallest absolute Gasteiger partial charge is 0.124 e. The Morgan fingerprint density at radius 1 is 1.04 bits per heavy atom. The predicted molar refractivity (Wildman–Crippen MR) is 102 cm³/mol. The summed E-state index contributed by atoms with van der Waals surface area (Å²) >= 11 is 1.73. The van der Waals surface area contributed by atoms with Gasteiger partial charge in [-0.1, -0.05) is 36.9 Å². The molecular formula is C21H25FN2S. The second kappa shape index (κ2) is 7.10. The van der Waals surface area contributed by atoms with E-state index in [0.29, 0.717) is 6.04 Å². The first-order valence-corrected chi connectivity index (χ1v) is 9.97. The van der Waals surface area contributed by atoms with Crippen molar-refractivity contribution in [1.29, 1.82) is 0 Å². The molecule has 2 nitrogen and oxygen atoms in total. The Hall–Kier alpha value is -1.36. The van der Waals surface area contributed by atoms with E-state index in [1.165, 1.54) is 21.6 Å². The predicted octanol–water partition coefficient (Wildman–Crippen LogP) is 4.38. The summed E-state index contributed by atoms with van der Waals surface area (Å²) in [6.45, 7) is 6.63. The highest BCUT2D eigenvalue weighted by molar-refractivity contribution is 7.99. The molecule has 0 amide bonds. The molecule has 2 aromatic rings. The van der Waals surface area contributed by atoms with Gasteiger partial charge in [-0.3, -0.25) is 4.90 Å². The minimum absolute atomic E-state index is 0.143. The van der Waals surface area contributed by atoms with E-state index < -0.39 is 0 Å². The summed E-state index contributed by atoms with van der Waals surface area (Å²) in [6, 6.07) is 12.5. The summed E-state index contributed by atoms with van der Waals surface area (Å²) in [5.41, 5.74) is 4.07. The van der Waals surface area contributed by atoms with E-state index in [4.69, 9.17) is 0 Å². The van der Waals surface area contributed by atoms with Gasteiger partial charge in [-0.2, -0.15) is 0 Å². The molecule has 2 aliphatic rings. The van der Waals surface area contributed by atoms with E-state index in [1.54, 1.807) is 23.9 Å². The monoisotopic (exact) mass is 356 g/mol. The maximum Gasteiger partial charge on any atom is 0.124 e. The van der Waals surface area contributed by atoms with Crippen LogP contribution >= 0.6 is 11.8 Å². The third-order valence-corrected chi connectivity index (χ3v) is 6.67. The van der Waals surface area contributed by atoms with Gasteiger partial charge in [0.15, 0.2) is 0 Å². The number of halogens is 1. The molecule has 4 heteroatoms.